The van der Waals surface area contributed by atoms with Gasteiger partial charge in [-0.25, -0.2) is 4.98 Å². The quantitative estimate of drug-likeness (QED) is 0.591. The van der Waals surface area contributed by atoms with E-state index in [1.807, 2.05) is 6.92 Å². The molecule has 1 aromatic heterocycles. The predicted octanol–water partition coefficient (Wildman–Crippen LogP) is 1.97. The summed E-state index contributed by atoms with van der Waals surface area (Å²) in [6.07, 6.45) is 2.75. The van der Waals surface area contributed by atoms with Crippen LogP contribution in [0.25, 0.3) is 0 Å². The number of hydrogen-bond acceptors (Lipinski definition) is 3. The molecule has 1 heterocycles. The summed E-state index contributed by atoms with van der Waals surface area (Å²) in [6.45, 7) is 1.95. The Balaban J connectivity index is 2.52. The van der Waals surface area contributed by atoms with E-state index in [0.29, 0.717) is 6.42 Å². The Morgan fingerprint density at radius 1 is 1.45 bits per heavy atom. The molecule has 0 atom stereocenters. The van der Waals surface area contributed by atoms with Gasteiger partial charge in [-0.2, -0.15) is 0 Å². The van der Waals surface area contributed by atoms with Crippen LogP contribution in [0.3, 0.4) is 0 Å². The highest BCUT2D eigenvalue weighted by atomic mass is 32.1. The molecule has 0 radical (unpaired) electrons. The van der Waals surface area contributed by atoms with Crippen molar-refractivity contribution in [3.8, 4) is 0 Å². The van der Waals surface area contributed by atoms with Crippen LogP contribution in [0.1, 0.15) is 33.2 Å². The van der Waals surface area contributed by atoms with Crippen molar-refractivity contribution in [2.45, 2.75) is 26.2 Å². The summed E-state index contributed by atoms with van der Waals surface area (Å²) in [6, 6.07) is 0. The van der Waals surface area contributed by atoms with Gasteiger partial charge in [-0.05, 0) is 19.8 Å². The summed E-state index contributed by atoms with van der Waals surface area (Å²) in [5.74, 6) is 0.232. The molecule has 0 saturated carbocycles. The highest BCUT2D eigenvalue weighted by Gasteiger charge is 2.20. The summed E-state index contributed by atoms with van der Waals surface area (Å²) in [5, 5.41) is 1.02. The molecule has 0 saturated heterocycles. The van der Waals surface area contributed by atoms with E-state index in [1.54, 1.807) is 11.3 Å². The molecule has 1 aliphatic rings. The Morgan fingerprint density at radius 3 is 3.00 bits per heavy atom. The van der Waals surface area contributed by atoms with Crippen LogP contribution in [0.2, 0.25) is 0 Å². The molecule has 1 aliphatic carbocycles. The SMILES string of the molecule is Cc1nc2c(s1)CCCC2=O. The van der Waals surface area contributed by atoms with Gasteiger partial charge in [0.05, 0.1) is 5.01 Å². The van der Waals surface area contributed by atoms with Crippen molar-refractivity contribution >= 4 is 17.1 Å². The van der Waals surface area contributed by atoms with Crippen LogP contribution < -0.4 is 0 Å². The Bertz CT molecular complexity index is 303. The molecule has 58 valence electrons. The van der Waals surface area contributed by atoms with Crippen LogP contribution in [0.5, 0.6) is 0 Å². The van der Waals surface area contributed by atoms with Crippen LogP contribution in [0, 0.1) is 6.92 Å². The van der Waals surface area contributed by atoms with E-state index in [4.69, 9.17) is 0 Å². The number of fused-ring (bicyclic) bond motifs is 1. The molecule has 0 unspecified atom stereocenters. The second-order valence-electron chi connectivity index (χ2n) is 2.78. The van der Waals surface area contributed by atoms with Crippen molar-refractivity contribution in [3.05, 3.63) is 15.6 Å². The van der Waals surface area contributed by atoms with Crippen LogP contribution >= 0.6 is 11.3 Å². The number of carbonyl (C=O) groups is 1. The second kappa shape index (κ2) is 2.41. The molecule has 0 fully saturated rings. The first-order valence-corrected chi connectivity index (χ1v) is 4.58. The zero-order valence-corrected chi connectivity index (χ0v) is 7.20. The highest BCUT2D eigenvalue weighted by molar-refractivity contribution is 7.11. The summed E-state index contributed by atoms with van der Waals surface area (Å²) in [7, 11) is 0. The number of ketones is 1. The Hall–Kier alpha value is -0.700. The van der Waals surface area contributed by atoms with Crippen molar-refractivity contribution in [2.24, 2.45) is 0 Å². The molecule has 3 heteroatoms. The molecule has 0 aromatic carbocycles. The lowest BCUT2D eigenvalue weighted by atomic mass is 10.0. The summed E-state index contributed by atoms with van der Waals surface area (Å²) >= 11 is 1.66. The molecule has 11 heavy (non-hydrogen) atoms. The third-order valence-electron chi connectivity index (χ3n) is 1.88. The van der Waals surface area contributed by atoms with Gasteiger partial charge in [-0.3, -0.25) is 4.79 Å². The van der Waals surface area contributed by atoms with E-state index in [-0.39, 0.29) is 5.78 Å². The Kier molecular flexibility index (Phi) is 1.53. The molecule has 2 nitrogen and oxygen atoms in total. The highest BCUT2D eigenvalue weighted by Crippen LogP contribution is 2.25. The van der Waals surface area contributed by atoms with Crippen molar-refractivity contribution in [2.75, 3.05) is 0 Å². The molecular weight excluding hydrogens is 158 g/mol. The third kappa shape index (κ3) is 1.09. The number of aryl methyl sites for hydroxylation is 2. The number of thiazole rings is 1. The van der Waals surface area contributed by atoms with Gasteiger partial charge in [0.2, 0.25) is 0 Å². The fourth-order valence-electron chi connectivity index (χ4n) is 1.38. The smallest absolute Gasteiger partial charge is 0.182 e. The van der Waals surface area contributed by atoms with Crippen LogP contribution in [-0.2, 0) is 6.42 Å². The first-order chi connectivity index (χ1) is 5.27. The van der Waals surface area contributed by atoms with E-state index >= 15 is 0 Å². The number of carbonyl (C=O) groups excluding carboxylic acids is 1. The molecule has 0 bridgehead atoms. The van der Waals surface area contributed by atoms with Gasteiger partial charge >= 0.3 is 0 Å². The van der Waals surface area contributed by atoms with Gasteiger partial charge in [-0.15, -0.1) is 11.3 Å². The molecule has 0 spiro atoms. The summed E-state index contributed by atoms with van der Waals surface area (Å²) in [5.41, 5.74) is 0.749. The maximum atomic E-state index is 11.2. The molecule has 0 amide bonds. The minimum atomic E-state index is 0.232. The third-order valence-corrected chi connectivity index (χ3v) is 2.91. The van der Waals surface area contributed by atoms with E-state index in [1.165, 1.54) is 4.88 Å². The number of rotatable bonds is 0. The van der Waals surface area contributed by atoms with Crippen molar-refractivity contribution in [3.63, 3.8) is 0 Å². The average molecular weight is 167 g/mol. The lowest BCUT2D eigenvalue weighted by Crippen LogP contribution is -2.08. The Labute approximate surface area is 69.3 Å². The zero-order chi connectivity index (χ0) is 7.84. The minimum Gasteiger partial charge on any atom is -0.292 e. The number of nitrogens with zero attached hydrogens (tertiary/aromatic N) is 1. The van der Waals surface area contributed by atoms with Crippen LogP contribution in [-0.4, -0.2) is 10.8 Å². The normalized spacial score (nSPS) is 16.6. The molecule has 0 aliphatic heterocycles. The minimum absolute atomic E-state index is 0.232. The first kappa shape index (κ1) is 6.98. The maximum Gasteiger partial charge on any atom is 0.182 e. The van der Waals surface area contributed by atoms with Crippen LogP contribution in [0.4, 0.5) is 0 Å². The van der Waals surface area contributed by atoms with E-state index in [2.05, 4.69) is 4.98 Å². The van der Waals surface area contributed by atoms with Gasteiger partial charge in [0.25, 0.3) is 0 Å². The predicted molar refractivity (Wildman–Crippen MR) is 44.1 cm³/mol. The largest absolute Gasteiger partial charge is 0.292 e. The fourth-order valence-corrected chi connectivity index (χ4v) is 2.38. The molecule has 2 rings (SSSR count). The van der Waals surface area contributed by atoms with E-state index in [0.717, 1.165) is 23.5 Å². The van der Waals surface area contributed by atoms with E-state index < -0.39 is 0 Å². The Morgan fingerprint density at radius 2 is 2.27 bits per heavy atom. The molecular formula is C8H9NOS. The lowest BCUT2D eigenvalue weighted by Gasteiger charge is -2.06. The van der Waals surface area contributed by atoms with Crippen LogP contribution in [0.15, 0.2) is 0 Å². The van der Waals surface area contributed by atoms with E-state index in [9.17, 15) is 4.79 Å². The van der Waals surface area contributed by atoms with Gasteiger partial charge < -0.3 is 0 Å². The van der Waals surface area contributed by atoms with Gasteiger partial charge in [-0.1, -0.05) is 0 Å². The topological polar surface area (TPSA) is 30.0 Å². The number of aromatic nitrogens is 1. The maximum absolute atomic E-state index is 11.2. The second-order valence-corrected chi connectivity index (χ2v) is 4.07. The molecule has 1 aromatic rings. The van der Waals surface area contributed by atoms with Crippen molar-refractivity contribution < 1.29 is 4.79 Å². The molecule has 0 N–H and O–H groups in total. The van der Waals surface area contributed by atoms with Crippen molar-refractivity contribution in [1.29, 1.82) is 0 Å². The zero-order valence-electron chi connectivity index (χ0n) is 6.39. The number of Topliss-reactive ketones (excluding diaryl/α,β-unsaturated/α-hetero) is 1. The monoisotopic (exact) mass is 167 g/mol. The lowest BCUT2D eigenvalue weighted by molar-refractivity contribution is 0.0968. The summed E-state index contributed by atoms with van der Waals surface area (Å²) < 4.78 is 0. The first-order valence-electron chi connectivity index (χ1n) is 3.77. The van der Waals surface area contributed by atoms with Crippen molar-refractivity contribution in [1.82, 2.24) is 4.98 Å². The van der Waals surface area contributed by atoms with Gasteiger partial charge in [0, 0.05) is 11.3 Å². The average Bonchev–Trinajstić information content (AvgIpc) is 2.31. The fraction of sp³-hybridized carbons (Fsp3) is 0.500. The number of hydrogen-bond donors (Lipinski definition) is 0. The van der Waals surface area contributed by atoms with Gasteiger partial charge in [0.1, 0.15) is 5.69 Å². The van der Waals surface area contributed by atoms with Gasteiger partial charge in [0.15, 0.2) is 5.78 Å². The standard InChI is InChI=1S/C8H9NOS/c1-5-9-8-6(10)3-2-4-7(8)11-5/h2-4H2,1H3. The summed E-state index contributed by atoms with van der Waals surface area (Å²) in [4.78, 5) is 16.6.